The fourth-order valence-corrected chi connectivity index (χ4v) is 5.22. The lowest BCUT2D eigenvalue weighted by molar-refractivity contribution is -0.138. The SMILES string of the molecule is O=C(Nc1ccc(Cl)cc1N1CCN(CCC(F)(F)F)CC1)c1ccc(CN[C@@H]2CCCC[C@@H]2O)c(F)c1F. The number of rotatable bonds is 8. The Labute approximate surface area is 229 Å². The molecule has 0 unspecified atom stereocenters. The Kier molecular flexibility index (Phi) is 9.69. The van der Waals surface area contributed by atoms with Crippen LogP contribution in [0.15, 0.2) is 30.3 Å². The summed E-state index contributed by atoms with van der Waals surface area (Å²) in [4.78, 5) is 16.6. The minimum absolute atomic E-state index is 0.0165. The summed E-state index contributed by atoms with van der Waals surface area (Å²) in [6, 6.07) is 7.09. The number of carbonyl (C=O) groups excluding carboxylic acids is 1. The standard InChI is InChI=1S/C27H32ClF5N4O2/c28-18-6-8-20(22(15-18)37-13-11-36(12-14-37)10-9-27(31,32)33)35-26(39)19-7-5-17(24(29)25(19)30)16-34-21-3-1-2-4-23(21)38/h5-8,15,21,23,34,38H,1-4,9-14,16H2,(H,35,39)/t21-,23+/m1/s1. The molecular formula is C27H32ClF5N4O2. The average Bonchev–Trinajstić information content (AvgIpc) is 2.90. The van der Waals surface area contributed by atoms with Gasteiger partial charge in [-0.05, 0) is 37.1 Å². The summed E-state index contributed by atoms with van der Waals surface area (Å²) in [5.41, 5.74) is 0.452. The van der Waals surface area contributed by atoms with Crippen molar-refractivity contribution in [1.29, 1.82) is 0 Å². The normalized spacial score (nSPS) is 20.7. The molecule has 2 atom stereocenters. The Bertz CT molecular complexity index is 1160. The first-order valence-corrected chi connectivity index (χ1v) is 13.4. The van der Waals surface area contributed by atoms with E-state index in [9.17, 15) is 31.9 Å². The highest BCUT2D eigenvalue weighted by Gasteiger charge is 2.29. The summed E-state index contributed by atoms with van der Waals surface area (Å²) in [6.07, 6.45) is -2.35. The summed E-state index contributed by atoms with van der Waals surface area (Å²) in [7, 11) is 0. The van der Waals surface area contributed by atoms with Crippen LogP contribution in [0.5, 0.6) is 0 Å². The van der Waals surface area contributed by atoms with Crippen LogP contribution in [0.3, 0.4) is 0 Å². The monoisotopic (exact) mass is 574 g/mol. The van der Waals surface area contributed by atoms with E-state index in [1.807, 2.05) is 4.90 Å². The maximum atomic E-state index is 14.9. The summed E-state index contributed by atoms with van der Waals surface area (Å²) < 4.78 is 67.5. The summed E-state index contributed by atoms with van der Waals surface area (Å²) in [5.74, 6) is -3.25. The smallest absolute Gasteiger partial charge is 0.390 e. The van der Waals surface area contributed by atoms with Gasteiger partial charge >= 0.3 is 6.18 Å². The maximum absolute atomic E-state index is 14.9. The molecule has 3 N–H and O–H groups in total. The summed E-state index contributed by atoms with van der Waals surface area (Å²) in [6.45, 7) is 1.52. The number of hydrogen-bond acceptors (Lipinski definition) is 5. The Balaban J connectivity index is 1.42. The number of halogens is 6. The van der Waals surface area contributed by atoms with Crippen LogP contribution in [0.2, 0.25) is 5.02 Å². The maximum Gasteiger partial charge on any atom is 0.390 e. The molecule has 0 radical (unpaired) electrons. The zero-order valence-electron chi connectivity index (χ0n) is 21.3. The second-order valence-corrected chi connectivity index (χ2v) is 10.5. The number of aliphatic hydroxyl groups is 1. The minimum Gasteiger partial charge on any atom is -0.392 e. The predicted octanol–water partition coefficient (Wildman–Crippen LogP) is 5.34. The van der Waals surface area contributed by atoms with E-state index >= 15 is 0 Å². The number of benzene rings is 2. The lowest BCUT2D eigenvalue weighted by Crippen LogP contribution is -2.47. The molecule has 2 fully saturated rings. The third kappa shape index (κ3) is 7.81. The minimum atomic E-state index is -4.22. The molecule has 1 aliphatic heterocycles. The Morgan fingerprint density at radius 2 is 1.74 bits per heavy atom. The van der Waals surface area contributed by atoms with E-state index in [4.69, 9.17) is 11.6 Å². The van der Waals surface area contributed by atoms with Crippen molar-refractivity contribution in [3.8, 4) is 0 Å². The Morgan fingerprint density at radius 1 is 1.03 bits per heavy atom. The van der Waals surface area contributed by atoms with Gasteiger partial charge in [0.2, 0.25) is 0 Å². The van der Waals surface area contributed by atoms with Crippen molar-refractivity contribution in [2.24, 2.45) is 0 Å². The van der Waals surface area contributed by atoms with Crippen LogP contribution in [0.1, 0.15) is 48.0 Å². The van der Waals surface area contributed by atoms with E-state index in [0.29, 0.717) is 49.0 Å². The van der Waals surface area contributed by atoms with Crippen molar-refractivity contribution < 1.29 is 31.9 Å². The van der Waals surface area contributed by atoms with Gasteiger partial charge in [0.25, 0.3) is 5.91 Å². The number of anilines is 2. The van der Waals surface area contributed by atoms with Crippen molar-refractivity contribution in [2.45, 2.75) is 57.0 Å². The van der Waals surface area contributed by atoms with Gasteiger partial charge in [-0.3, -0.25) is 9.69 Å². The zero-order valence-corrected chi connectivity index (χ0v) is 22.1. The van der Waals surface area contributed by atoms with Crippen LogP contribution in [-0.2, 0) is 6.54 Å². The van der Waals surface area contributed by atoms with Gasteiger partial charge in [0.05, 0.1) is 29.5 Å². The summed E-state index contributed by atoms with van der Waals surface area (Å²) >= 11 is 6.17. The number of piperazine rings is 1. The quantitative estimate of drug-likeness (QED) is 0.372. The molecule has 2 aromatic rings. The lowest BCUT2D eigenvalue weighted by atomic mass is 9.92. The average molecular weight is 575 g/mol. The molecule has 1 amide bonds. The number of nitrogens with zero attached hydrogens (tertiary/aromatic N) is 2. The van der Waals surface area contributed by atoms with E-state index in [-0.39, 0.29) is 24.7 Å². The van der Waals surface area contributed by atoms with E-state index in [0.717, 1.165) is 19.3 Å². The molecule has 1 aliphatic carbocycles. The lowest BCUT2D eigenvalue weighted by Gasteiger charge is -2.37. The topological polar surface area (TPSA) is 67.8 Å². The first-order valence-electron chi connectivity index (χ1n) is 13.0. The number of aliphatic hydroxyl groups excluding tert-OH is 1. The van der Waals surface area contributed by atoms with Gasteiger partial charge in [0.1, 0.15) is 0 Å². The molecule has 12 heteroatoms. The molecule has 0 spiro atoms. The first kappa shape index (κ1) is 29.5. The molecule has 2 aromatic carbocycles. The van der Waals surface area contributed by atoms with Crippen LogP contribution in [-0.4, -0.2) is 67.0 Å². The van der Waals surface area contributed by atoms with Crippen LogP contribution in [0.25, 0.3) is 0 Å². The van der Waals surface area contributed by atoms with Crippen molar-refractivity contribution in [1.82, 2.24) is 10.2 Å². The van der Waals surface area contributed by atoms with Gasteiger partial charge in [-0.15, -0.1) is 0 Å². The van der Waals surface area contributed by atoms with E-state index in [2.05, 4.69) is 10.6 Å². The third-order valence-electron chi connectivity index (χ3n) is 7.32. The van der Waals surface area contributed by atoms with Gasteiger partial charge < -0.3 is 20.6 Å². The largest absolute Gasteiger partial charge is 0.392 e. The van der Waals surface area contributed by atoms with Crippen molar-refractivity contribution >= 4 is 28.9 Å². The molecule has 1 saturated carbocycles. The molecule has 39 heavy (non-hydrogen) atoms. The molecular weight excluding hydrogens is 543 g/mol. The first-order chi connectivity index (χ1) is 18.5. The molecule has 4 rings (SSSR count). The van der Waals surface area contributed by atoms with Gasteiger partial charge in [-0.1, -0.05) is 30.5 Å². The number of hydrogen-bond donors (Lipinski definition) is 3. The molecule has 214 valence electrons. The van der Waals surface area contributed by atoms with Crippen molar-refractivity contribution in [3.63, 3.8) is 0 Å². The second kappa shape index (κ2) is 12.8. The van der Waals surface area contributed by atoms with Crippen LogP contribution >= 0.6 is 11.6 Å². The van der Waals surface area contributed by atoms with Gasteiger partial charge in [-0.25, -0.2) is 8.78 Å². The van der Waals surface area contributed by atoms with Crippen LogP contribution in [0, 0.1) is 11.6 Å². The van der Waals surface area contributed by atoms with Gasteiger partial charge in [-0.2, -0.15) is 13.2 Å². The van der Waals surface area contributed by atoms with E-state index in [1.54, 1.807) is 23.1 Å². The fourth-order valence-electron chi connectivity index (χ4n) is 5.05. The highest BCUT2D eigenvalue weighted by Crippen LogP contribution is 2.31. The number of nitrogens with one attached hydrogen (secondary N) is 2. The third-order valence-corrected chi connectivity index (χ3v) is 7.56. The number of alkyl halides is 3. The summed E-state index contributed by atoms with van der Waals surface area (Å²) in [5, 5.41) is 16.2. The number of amides is 1. The Morgan fingerprint density at radius 3 is 2.44 bits per heavy atom. The molecule has 2 aliphatic rings. The number of carbonyl (C=O) groups is 1. The Hall–Kier alpha value is -2.47. The highest BCUT2D eigenvalue weighted by molar-refractivity contribution is 6.31. The molecule has 0 bridgehead atoms. The van der Waals surface area contributed by atoms with E-state index in [1.165, 1.54) is 12.1 Å². The second-order valence-electron chi connectivity index (χ2n) is 10.0. The van der Waals surface area contributed by atoms with E-state index < -0.39 is 41.8 Å². The highest BCUT2D eigenvalue weighted by atomic mass is 35.5. The fraction of sp³-hybridized carbons (Fsp3) is 0.519. The predicted molar refractivity (Wildman–Crippen MR) is 140 cm³/mol. The van der Waals surface area contributed by atoms with Gasteiger partial charge in [0.15, 0.2) is 11.6 Å². The molecule has 1 saturated heterocycles. The van der Waals surface area contributed by atoms with Crippen molar-refractivity contribution in [3.05, 3.63) is 58.1 Å². The zero-order chi connectivity index (χ0) is 28.2. The van der Waals surface area contributed by atoms with Crippen LogP contribution in [0.4, 0.5) is 33.3 Å². The molecule has 6 nitrogen and oxygen atoms in total. The van der Waals surface area contributed by atoms with Gasteiger partial charge in [0, 0.05) is 55.9 Å². The van der Waals surface area contributed by atoms with Crippen LogP contribution < -0.4 is 15.5 Å². The molecule has 0 aromatic heterocycles. The van der Waals surface area contributed by atoms with Crippen molar-refractivity contribution in [2.75, 3.05) is 42.9 Å². The molecule has 1 heterocycles.